The second kappa shape index (κ2) is 12.2. The van der Waals surface area contributed by atoms with Gasteiger partial charge in [-0.15, -0.1) is 0 Å². The van der Waals surface area contributed by atoms with Crippen LogP contribution in [0.5, 0.6) is 11.5 Å². The van der Waals surface area contributed by atoms with Gasteiger partial charge in [0, 0.05) is 56.9 Å². The molecule has 0 saturated carbocycles. The van der Waals surface area contributed by atoms with Crippen molar-refractivity contribution in [3.63, 3.8) is 0 Å². The quantitative estimate of drug-likeness (QED) is 0.303. The van der Waals surface area contributed by atoms with Gasteiger partial charge in [0.1, 0.15) is 11.3 Å². The molecule has 2 aromatic rings. The minimum atomic E-state index is -4.78. The van der Waals surface area contributed by atoms with Gasteiger partial charge in [-0.3, -0.25) is 14.9 Å². The molecule has 3 heterocycles. The SMILES string of the molecule is CN1CCN(CCS(=O)(=O)N2CC3CCC(C(=O)NO)(C2)N3S(=O)(=O)c2cc(F)c(Oc3ccc(Cl)cc3)c(F)c2)CC1. The van der Waals surface area contributed by atoms with Gasteiger partial charge in [-0.05, 0) is 56.3 Å². The average molecular weight is 664 g/mol. The summed E-state index contributed by atoms with van der Waals surface area (Å²) in [7, 11) is -6.74. The standard InChI is InChI=1S/C26H32ClF2N5O7S2/c1-31-8-10-32(11-9-31)12-13-42(37,38)33-16-19-6-7-26(17-33,25(35)30-36)34(19)43(39,40)21-14-22(28)24(23(29)15-21)41-20-4-2-18(27)3-5-20/h2-5,14-15,19,36H,6-13,16-17H2,1H3,(H,30,35). The minimum Gasteiger partial charge on any atom is -0.451 e. The molecule has 3 saturated heterocycles. The predicted molar refractivity (Wildman–Crippen MR) is 152 cm³/mol. The second-order valence-corrected chi connectivity index (χ2v) is 15.3. The van der Waals surface area contributed by atoms with Crippen LogP contribution in [0.3, 0.4) is 0 Å². The lowest BCUT2D eigenvalue weighted by molar-refractivity contribution is -0.140. The molecular formula is C26H32ClF2N5O7S2. The van der Waals surface area contributed by atoms with Gasteiger partial charge in [-0.1, -0.05) is 11.6 Å². The predicted octanol–water partition coefficient (Wildman–Crippen LogP) is 1.70. The Labute approximate surface area is 253 Å². The number of carbonyl (C=O) groups excluding carboxylic acids is 1. The van der Waals surface area contributed by atoms with Gasteiger partial charge in [-0.2, -0.15) is 8.61 Å². The maximum absolute atomic E-state index is 15.1. The molecule has 0 radical (unpaired) electrons. The number of hydrogen-bond donors (Lipinski definition) is 2. The van der Waals surface area contributed by atoms with Crippen molar-refractivity contribution in [3.05, 3.63) is 53.1 Å². The molecule has 3 aliphatic heterocycles. The highest BCUT2D eigenvalue weighted by Gasteiger charge is 2.62. The molecule has 5 rings (SSSR count). The maximum atomic E-state index is 15.1. The van der Waals surface area contributed by atoms with Crippen molar-refractivity contribution in [2.75, 3.05) is 58.6 Å². The summed E-state index contributed by atoms with van der Waals surface area (Å²) in [5.74, 6) is -4.79. The van der Waals surface area contributed by atoms with E-state index in [-0.39, 0.29) is 37.4 Å². The Morgan fingerprint density at radius 3 is 2.33 bits per heavy atom. The summed E-state index contributed by atoms with van der Waals surface area (Å²) in [6.07, 6.45) is -0.0314. The van der Waals surface area contributed by atoms with Crippen molar-refractivity contribution in [2.24, 2.45) is 0 Å². The Morgan fingerprint density at radius 1 is 1.09 bits per heavy atom. The fraction of sp³-hybridized carbons (Fsp3) is 0.500. The van der Waals surface area contributed by atoms with E-state index in [1.807, 2.05) is 11.9 Å². The molecule has 2 unspecified atom stereocenters. The minimum absolute atomic E-state index is 0.0550. The first-order valence-electron chi connectivity index (χ1n) is 13.6. The molecule has 1 amide bonds. The molecule has 3 aliphatic rings. The van der Waals surface area contributed by atoms with Gasteiger partial charge < -0.3 is 9.64 Å². The summed E-state index contributed by atoms with van der Waals surface area (Å²) in [5.41, 5.74) is -0.566. The largest absolute Gasteiger partial charge is 0.451 e. The van der Waals surface area contributed by atoms with Gasteiger partial charge in [0.2, 0.25) is 20.0 Å². The van der Waals surface area contributed by atoms with Crippen LogP contribution in [-0.2, 0) is 24.8 Å². The summed E-state index contributed by atoms with van der Waals surface area (Å²) in [4.78, 5) is 16.4. The first kappa shape index (κ1) is 32.0. The van der Waals surface area contributed by atoms with E-state index < -0.39 is 66.4 Å². The molecule has 2 bridgehead atoms. The number of rotatable bonds is 9. The molecule has 0 spiro atoms. The Bertz CT molecular complexity index is 1570. The van der Waals surface area contributed by atoms with E-state index in [4.69, 9.17) is 16.3 Å². The number of nitrogens with zero attached hydrogens (tertiary/aromatic N) is 4. The highest BCUT2D eigenvalue weighted by atomic mass is 35.5. The lowest BCUT2D eigenvalue weighted by Gasteiger charge is -2.45. The maximum Gasteiger partial charge on any atom is 0.266 e. The fourth-order valence-electron chi connectivity index (χ4n) is 5.88. The van der Waals surface area contributed by atoms with Crippen molar-refractivity contribution in [3.8, 4) is 11.5 Å². The zero-order valence-electron chi connectivity index (χ0n) is 23.2. The Morgan fingerprint density at radius 2 is 1.72 bits per heavy atom. The Hall–Kier alpha value is -2.44. The molecule has 0 aliphatic carbocycles. The highest BCUT2D eigenvalue weighted by Crippen LogP contribution is 2.44. The van der Waals surface area contributed by atoms with Crippen LogP contribution in [0.1, 0.15) is 12.8 Å². The Balaban J connectivity index is 1.41. The number of halogens is 3. The summed E-state index contributed by atoms with van der Waals surface area (Å²) in [6, 6.07) is 5.77. The number of likely N-dealkylation sites (N-methyl/N-ethyl adjacent to an activating group) is 1. The number of amides is 1. The van der Waals surface area contributed by atoms with Crippen LogP contribution >= 0.6 is 11.6 Å². The lowest BCUT2D eigenvalue weighted by Crippen LogP contribution is -2.69. The summed E-state index contributed by atoms with van der Waals surface area (Å²) < 4.78 is 91.9. The van der Waals surface area contributed by atoms with E-state index in [1.54, 1.807) is 0 Å². The highest BCUT2D eigenvalue weighted by molar-refractivity contribution is 7.89. The molecule has 3 fully saturated rings. The third-order valence-electron chi connectivity index (χ3n) is 8.24. The Kier molecular flexibility index (Phi) is 9.04. The van der Waals surface area contributed by atoms with Gasteiger partial charge in [0.25, 0.3) is 5.91 Å². The molecular weight excluding hydrogens is 632 g/mol. The normalized spacial score (nSPS) is 24.3. The van der Waals surface area contributed by atoms with Gasteiger partial charge >= 0.3 is 0 Å². The molecule has 17 heteroatoms. The zero-order chi connectivity index (χ0) is 31.2. The van der Waals surface area contributed by atoms with E-state index in [0.717, 1.165) is 21.7 Å². The van der Waals surface area contributed by atoms with Gasteiger partial charge in [-0.25, -0.2) is 31.1 Å². The monoisotopic (exact) mass is 663 g/mol. The van der Waals surface area contributed by atoms with Crippen molar-refractivity contribution >= 4 is 37.6 Å². The van der Waals surface area contributed by atoms with E-state index in [9.17, 15) is 26.8 Å². The molecule has 2 N–H and O–H groups in total. The van der Waals surface area contributed by atoms with Crippen LogP contribution < -0.4 is 10.2 Å². The number of piperazine rings is 2. The van der Waals surface area contributed by atoms with Crippen LogP contribution in [0.2, 0.25) is 5.02 Å². The van der Waals surface area contributed by atoms with Crippen molar-refractivity contribution < 1.29 is 40.4 Å². The van der Waals surface area contributed by atoms with E-state index >= 15 is 8.78 Å². The second-order valence-electron chi connectivity index (χ2n) is 11.0. The molecule has 2 atom stereocenters. The van der Waals surface area contributed by atoms with Crippen molar-refractivity contribution in [1.82, 2.24) is 23.9 Å². The van der Waals surface area contributed by atoms with Crippen LogP contribution in [-0.4, -0.2) is 117 Å². The van der Waals surface area contributed by atoms with Gasteiger partial charge in [0.05, 0.1) is 10.6 Å². The number of hydroxylamine groups is 1. The lowest BCUT2D eigenvalue weighted by atomic mass is 9.97. The van der Waals surface area contributed by atoms with E-state index in [0.29, 0.717) is 30.2 Å². The molecule has 236 valence electrons. The molecule has 0 aromatic heterocycles. The number of ether oxygens (including phenoxy) is 1. The topological polar surface area (TPSA) is 140 Å². The summed E-state index contributed by atoms with van der Waals surface area (Å²) in [6.45, 7) is 2.45. The van der Waals surface area contributed by atoms with Crippen molar-refractivity contribution in [2.45, 2.75) is 29.3 Å². The zero-order valence-corrected chi connectivity index (χ0v) is 25.6. The third kappa shape index (κ3) is 6.24. The number of carbonyl (C=O) groups is 1. The van der Waals surface area contributed by atoms with E-state index in [1.165, 1.54) is 29.7 Å². The fourth-order valence-corrected chi connectivity index (χ4v) is 9.55. The molecule has 12 nitrogen and oxygen atoms in total. The first-order valence-corrected chi connectivity index (χ1v) is 17.0. The summed E-state index contributed by atoms with van der Waals surface area (Å²) >= 11 is 5.82. The number of benzene rings is 2. The smallest absolute Gasteiger partial charge is 0.266 e. The average Bonchev–Trinajstić information content (AvgIpc) is 3.23. The number of nitrogens with one attached hydrogen (secondary N) is 1. The third-order valence-corrected chi connectivity index (χ3v) is 12.3. The van der Waals surface area contributed by atoms with Crippen LogP contribution in [0.15, 0.2) is 41.3 Å². The van der Waals surface area contributed by atoms with E-state index in [2.05, 4.69) is 4.90 Å². The first-order chi connectivity index (χ1) is 20.3. The number of sulfonamides is 2. The van der Waals surface area contributed by atoms with Crippen LogP contribution in [0.4, 0.5) is 8.78 Å². The number of hydrogen-bond acceptors (Lipinski definition) is 9. The van der Waals surface area contributed by atoms with Gasteiger partial charge in [0.15, 0.2) is 17.4 Å². The van der Waals surface area contributed by atoms with Crippen molar-refractivity contribution in [1.29, 1.82) is 0 Å². The number of fused-ring (bicyclic) bond motifs is 2. The molecule has 43 heavy (non-hydrogen) atoms. The molecule has 2 aromatic carbocycles. The van der Waals surface area contributed by atoms with Crippen LogP contribution in [0, 0.1) is 11.6 Å². The summed E-state index contributed by atoms with van der Waals surface area (Å²) in [5, 5.41) is 9.95. The van der Waals surface area contributed by atoms with Crippen LogP contribution in [0.25, 0.3) is 0 Å².